The third-order valence-electron chi connectivity index (χ3n) is 7.53. The first-order valence-corrected chi connectivity index (χ1v) is 14.7. The molecule has 7 rings (SSSR count). The lowest BCUT2D eigenvalue weighted by Crippen LogP contribution is -2.21. The number of hydrogen-bond donors (Lipinski definition) is 2. The first-order valence-electron chi connectivity index (χ1n) is 14.7. The smallest absolute Gasteiger partial charge is 0.417 e. The first-order chi connectivity index (χ1) is 22.8. The average Bonchev–Trinajstić information content (AvgIpc) is 3.77. The number of rotatable bonds is 7. The van der Waals surface area contributed by atoms with Crippen molar-refractivity contribution in [1.82, 2.24) is 29.5 Å². The Hall–Kier alpha value is -6.05. The van der Waals surface area contributed by atoms with Crippen molar-refractivity contribution in [2.75, 3.05) is 28.6 Å². The number of anilines is 3. The van der Waals surface area contributed by atoms with E-state index in [0.717, 1.165) is 60.9 Å². The minimum absolute atomic E-state index is 0.0314. The summed E-state index contributed by atoms with van der Waals surface area (Å²) in [6, 6.07) is 19.9. The van der Waals surface area contributed by atoms with Crippen LogP contribution in [0.25, 0.3) is 28.2 Å². The molecule has 6 aromatic rings. The van der Waals surface area contributed by atoms with Gasteiger partial charge in [0.1, 0.15) is 11.6 Å². The maximum Gasteiger partial charge on any atom is 0.417 e. The molecule has 1 aliphatic heterocycles. The zero-order valence-electron chi connectivity index (χ0n) is 24.6. The topological polar surface area (TPSA) is 122 Å². The third kappa shape index (κ3) is 6.52. The van der Waals surface area contributed by atoms with Crippen LogP contribution < -0.4 is 20.3 Å². The van der Waals surface area contributed by atoms with Crippen LogP contribution in [0.3, 0.4) is 0 Å². The molecule has 0 spiro atoms. The predicted molar refractivity (Wildman–Crippen MR) is 169 cm³/mol. The number of nitrogens with one attached hydrogen (secondary N) is 2. The standard InChI is InChI=1S/C33H26F3N9O2/c34-33(35,36)23-16-26(30(38-17-23)22-6-2-1-3-7-22)42-31(46)41-24-18-39-32(40-19-24)47-25-10-8-21(9-11-25)27-20-37-28-12-13-29(43-45(27)28)44-14-4-5-15-44/h1-3,6-13,16-20H,4-5,14-15H2,(H2,41,42,46). The number of imidazole rings is 1. The van der Waals surface area contributed by atoms with E-state index in [9.17, 15) is 18.0 Å². The number of amides is 2. The lowest BCUT2D eigenvalue weighted by molar-refractivity contribution is -0.137. The maximum absolute atomic E-state index is 13.4. The summed E-state index contributed by atoms with van der Waals surface area (Å²) in [4.78, 5) is 31.8. The Bertz CT molecular complexity index is 2030. The maximum atomic E-state index is 13.4. The number of carbonyl (C=O) groups excluding carboxylic acids is 1. The normalized spacial score (nSPS) is 13.1. The second kappa shape index (κ2) is 12.4. The SMILES string of the molecule is O=C(Nc1cnc(Oc2ccc(-c3cnc4ccc(N5CCCC5)nn34)cc2)nc1)Nc1cc(C(F)(F)F)cnc1-c1ccccc1. The summed E-state index contributed by atoms with van der Waals surface area (Å²) in [5, 5.41) is 9.79. The Kier molecular flexibility index (Phi) is 7.81. The highest BCUT2D eigenvalue weighted by molar-refractivity contribution is 6.01. The fraction of sp³-hybridized carbons (Fsp3) is 0.152. The number of pyridine rings is 1. The quantitative estimate of drug-likeness (QED) is 0.187. The molecule has 1 aliphatic rings. The molecule has 47 heavy (non-hydrogen) atoms. The van der Waals surface area contributed by atoms with E-state index in [1.54, 1.807) is 48.7 Å². The average molecular weight is 638 g/mol. The highest BCUT2D eigenvalue weighted by Gasteiger charge is 2.32. The molecule has 0 aliphatic carbocycles. The fourth-order valence-electron chi connectivity index (χ4n) is 5.23. The van der Waals surface area contributed by atoms with E-state index in [2.05, 4.69) is 35.5 Å². The van der Waals surface area contributed by atoms with Crippen LogP contribution in [0.15, 0.2) is 97.6 Å². The Morgan fingerprint density at radius 1 is 0.787 bits per heavy atom. The highest BCUT2D eigenvalue weighted by Crippen LogP contribution is 2.34. The van der Waals surface area contributed by atoms with Crippen molar-refractivity contribution in [3.05, 3.63) is 103 Å². The van der Waals surface area contributed by atoms with Crippen LogP contribution in [0.1, 0.15) is 18.4 Å². The molecule has 0 saturated carbocycles. The number of nitrogens with zero attached hydrogens (tertiary/aromatic N) is 7. The summed E-state index contributed by atoms with van der Waals surface area (Å²) in [7, 11) is 0. The molecule has 0 radical (unpaired) electrons. The van der Waals surface area contributed by atoms with Gasteiger partial charge in [0.2, 0.25) is 0 Å². The molecule has 0 bridgehead atoms. The van der Waals surface area contributed by atoms with Gasteiger partial charge in [0.15, 0.2) is 5.65 Å². The Balaban J connectivity index is 1.01. The van der Waals surface area contributed by atoms with Crippen molar-refractivity contribution in [2.24, 2.45) is 0 Å². The lowest BCUT2D eigenvalue weighted by Gasteiger charge is -2.16. The van der Waals surface area contributed by atoms with E-state index in [0.29, 0.717) is 11.3 Å². The largest absolute Gasteiger partial charge is 0.424 e. The molecular weight excluding hydrogens is 611 g/mol. The van der Waals surface area contributed by atoms with Crippen LogP contribution in [0.2, 0.25) is 0 Å². The van der Waals surface area contributed by atoms with E-state index in [1.165, 1.54) is 12.4 Å². The van der Waals surface area contributed by atoms with Crippen molar-refractivity contribution < 1.29 is 22.7 Å². The molecule has 5 heterocycles. The lowest BCUT2D eigenvalue weighted by atomic mass is 10.1. The number of hydrogen-bond acceptors (Lipinski definition) is 8. The molecular formula is C33H26F3N9O2. The van der Waals surface area contributed by atoms with E-state index < -0.39 is 17.8 Å². The van der Waals surface area contributed by atoms with Gasteiger partial charge in [0, 0.05) is 30.4 Å². The predicted octanol–water partition coefficient (Wildman–Crippen LogP) is 7.30. The number of carbonyl (C=O) groups is 1. The van der Waals surface area contributed by atoms with Crippen LogP contribution in [-0.4, -0.2) is 48.7 Å². The van der Waals surface area contributed by atoms with Gasteiger partial charge >= 0.3 is 18.2 Å². The Morgan fingerprint density at radius 2 is 1.53 bits per heavy atom. The van der Waals surface area contributed by atoms with Gasteiger partial charge in [-0.15, -0.1) is 5.10 Å². The van der Waals surface area contributed by atoms with Gasteiger partial charge in [-0.1, -0.05) is 30.3 Å². The molecule has 0 atom stereocenters. The van der Waals surface area contributed by atoms with Crippen molar-refractivity contribution in [3.8, 4) is 34.3 Å². The molecule has 0 unspecified atom stereocenters. The molecule has 2 N–H and O–H groups in total. The second-order valence-corrected chi connectivity index (χ2v) is 10.7. The number of benzene rings is 2. The molecule has 4 aromatic heterocycles. The number of ether oxygens (including phenoxy) is 1. The summed E-state index contributed by atoms with van der Waals surface area (Å²) in [6.07, 6.45) is 2.83. The summed E-state index contributed by atoms with van der Waals surface area (Å²) in [6.45, 7) is 1.99. The number of urea groups is 1. The zero-order valence-corrected chi connectivity index (χ0v) is 24.6. The Morgan fingerprint density at radius 3 is 2.26 bits per heavy atom. The summed E-state index contributed by atoms with van der Waals surface area (Å²) in [5.74, 6) is 1.41. The van der Waals surface area contributed by atoms with E-state index in [4.69, 9.17) is 9.84 Å². The van der Waals surface area contributed by atoms with Crippen molar-refractivity contribution in [1.29, 1.82) is 0 Å². The molecule has 14 heteroatoms. The van der Waals surface area contributed by atoms with Gasteiger partial charge in [-0.3, -0.25) is 4.98 Å². The molecule has 11 nitrogen and oxygen atoms in total. The third-order valence-corrected chi connectivity index (χ3v) is 7.53. The van der Waals surface area contributed by atoms with Gasteiger partial charge in [-0.05, 0) is 55.3 Å². The molecule has 236 valence electrons. The minimum atomic E-state index is -4.64. The van der Waals surface area contributed by atoms with Gasteiger partial charge in [-0.25, -0.2) is 24.3 Å². The summed E-state index contributed by atoms with van der Waals surface area (Å²) in [5.41, 5.74) is 2.30. The first kappa shape index (κ1) is 29.6. The van der Waals surface area contributed by atoms with Crippen molar-refractivity contribution in [2.45, 2.75) is 19.0 Å². The number of fused-ring (bicyclic) bond motifs is 1. The van der Waals surface area contributed by atoms with Crippen LogP contribution in [0, 0.1) is 0 Å². The van der Waals surface area contributed by atoms with Crippen LogP contribution >= 0.6 is 0 Å². The van der Waals surface area contributed by atoms with Crippen molar-refractivity contribution in [3.63, 3.8) is 0 Å². The van der Waals surface area contributed by atoms with Gasteiger partial charge in [0.05, 0.1) is 46.9 Å². The van der Waals surface area contributed by atoms with Crippen LogP contribution in [0.4, 0.5) is 35.2 Å². The zero-order chi connectivity index (χ0) is 32.4. The number of halogens is 3. The summed E-state index contributed by atoms with van der Waals surface area (Å²) >= 11 is 0. The van der Waals surface area contributed by atoms with Crippen LogP contribution in [-0.2, 0) is 6.18 Å². The van der Waals surface area contributed by atoms with E-state index in [1.807, 2.05) is 28.8 Å². The molecule has 1 fully saturated rings. The van der Waals surface area contributed by atoms with Crippen molar-refractivity contribution >= 4 is 28.9 Å². The van der Waals surface area contributed by atoms with Crippen LogP contribution in [0.5, 0.6) is 11.8 Å². The fourth-order valence-corrected chi connectivity index (χ4v) is 5.23. The van der Waals surface area contributed by atoms with Gasteiger partial charge < -0.3 is 20.3 Å². The molecule has 1 saturated heterocycles. The molecule has 2 aromatic carbocycles. The molecule has 2 amide bonds. The minimum Gasteiger partial charge on any atom is -0.424 e. The summed E-state index contributed by atoms with van der Waals surface area (Å²) < 4.78 is 47.7. The number of alkyl halides is 3. The Labute approximate surface area is 266 Å². The van der Waals surface area contributed by atoms with Gasteiger partial charge in [-0.2, -0.15) is 13.2 Å². The van der Waals surface area contributed by atoms with Gasteiger partial charge in [0.25, 0.3) is 0 Å². The highest BCUT2D eigenvalue weighted by atomic mass is 19.4. The second-order valence-electron chi connectivity index (χ2n) is 10.7. The van der Waals surface area contributed by atoms with E-state index >= 15 is 0 Å². The number of aromatic nitrogens is 6. The van der Waals surface area contributed by atoms with E-state index in [-0.39, 0.29) is 23.1 Å². The monoisotopic (exact) mass is 637 g/mol.